The highest BCUT2D eigenvalue weighted by atomic mass is 16.3. The Labute approximate surface area is 201 Å². The van der Waals surface area contributed by atoms with Crippen LogP contribution in [0.5, 0.6) is 5.75 Å². The Kier molecular flexibility index (Phi) is 5.71. The van der Waals surface area contributed by atoms with E-state index in [9.17, 15) is 39.0 Å². The third-order valence-electron chi connectivity index (χ3n) is 7.50. The molecule has 3 aliphatic carbocycles. The topological polar surface area (TPSA) is 181 Å². The average Bonchev–Trinajstić information content (AvgIpc) is 2.74. The summed E-state index contributed by atoms with van der Waals surface area (Å²) in [5.74, 6) is -10.7. The second-order valence-electron chi connectivity index (χ2n) is 10.8. The van der Waals surface area contributed by atoms with Crippen LogP contribution in [0.25, 0.3) is 0 Å². The summed E-state index contributed by atoms with van der Waals surface area (Å²) in [6, 6.07) is 2.89. The number of phenolic OH excluding ortho intramolecular Hbond substituents is 1. The Morgan fingerprint density at radius 2 is 1.77 bits per heavy atom. The molecule has 4 rings (SSSR count). The van der Waals surface area contributed by atoms with Gasteiger partial charge in [-0.15, -0.1) is 0 Å². The largest absolute Gasteiger partial charge is 0.507 e. The molecule has 3 aliphatic rings. The average molecular weight is 485 g/mol. The van der Waals surface area contributed by atoms with E-state index in [1.54, 1.807) is 26.8 Å². The first-order valence-corrected chi connectivity index (χ1v) is 11.5. The lowest BCUT2D eigenvalue weighted by Crippen LogP contribution is -2.68. The Bertz CT molecular complexity index is 1200. The summed E-state index contributed by atoms with van der Waals surface area (Å²) in [6.45, 7) is 5.37. The maximum Gasteiger partial charge on any atom is 0.235 e. The Balaban J connectivity index is 1.72. The smallest absolute Gasteiger partial charge is 0.235 e. The van der Waals surface area contributed by atoms with Gasteiger partial charge in [-0.1, -0.05) is 26.8 Å². The highest BCUT2D eigenvalue weighted by Crippen LogP contribution is 2.50. The quantitative estimate of drug-likeness (QED) is 0.432. The number of benzene rings is 1. The first-order valence-electron chi connectivity index (χ1n) is 11.5. The number of Topliss-reactive ketones (excluding diaryl/α,β-unsaturated/α-hetero) is 4. The molecule has 35 heavy (non-hydrogen) atoms. The van der Waals surface area contributed by atoms with Crippen molar-refractivity contribution < 1.29 is 39.0 Å². The van der Waals surface area contributed by atoms with Crippen molar-refractivity contribution in [3.8, 4) is 5.75 Å². The normalized spacial score (nSPS) is 30.3. The van der Waals surface area contributed by atoms with Crippen LogP contribution in [0.3, 0.4) is 0 Å². The fourth-order valence-corrected chi connectivity index (χ4v) is 5.64. The summed E-state index contributed by atoms with van der Waals surface area (Å²) in [7, 11) is 0. The highest BCUT2D eigenvalue weighted by Gasteiger charge is 2.66. The lowest BCUT2D eigenvalue weighted by molar-refractivity contribution is -0.175. The summed E-state index contributed by atoms with van der Waals surface area (Å²) in [6.07, 6.45) is -0.203. The van der Waals surface area contributed by atoms with Gasteiger partial charge in [0.1, 0.15) is 5.75 Å². The van der Waals surface area contributed by atoms with E-state index >= 15 is 0 Å². The number of carbonyl (C=O) groups is 6. The number of carbonyl (C=O) groups excluding carboxylic acids is 6. The molecule has 5 atom stereocenters. The van der Waals surface area contributed by atoms with E-state index in [0.717, 1.165) is 0 Å². The molecule has 2 fully saturated rings. The van der Waals surface area contributed by atoms with Crippen molar-refractivity contribution in [3.05, 3.63) is 28.8 Å². The fourth-order valence-electron chi connectivity index (χ4n) is 5.64. The zero-order valence-electron chi connectivity index (χ0n) is 19.7. The van der Waals surface area contributed by atoms with Crippen LogP contribution in [-0.4, -0.2) is 50.8 Å². The number of primary amides is 1. The molecule has 1 aromatic rings. The maximum absolute atomic E-state index is 13.5. The van der Waals surface area contributed by atoms with E-state index in [-0.39, 0.29) is 43.0 Å². The summed E-state index contributed by atoms with van der Waals surface area (Å²) >= 11 is 0. The molecular formula is C25H28N2O8. The van der Waals surface area contributed by atoms with Crippen LogP contribution in [0, 0.1) is 29.1 Å². The summed E-state index contributed by atoms with van der Waals surface area (Å²) in [4.78, 5) is 76.3. The molecule has 1 aromatic carbocycles. The van der Waals surface area contributed by atoms with E-state index in [1.165, 1.54) is 6.07 Å². The second-order valence-corrected chi connectivity index (χ2v) is 10.8. The highest BCUT2D eigenvalue weighted by molar-refractivity contribution is 6.31. The maximum atomic E-state index is 13.5. The standard InChI is InChI=1S/C25H28N2O8/c1-24(2,3)23(34)27-9-10-4-5-14(28)17-13(10)7-11-6-12-8-15(29)18(22(26)33)21(32)25(12,35)20(31)16(11)19(17)30/h4-5,11-12,16,18,28,35H,6-9H2,1-3H3,(H2,26,33)(H,27,34)/t11-,12+,16?,18?,25+/m1/s1. The van der Waals surface area contributed by atoms with Crippen LogP contribution >= 0.6 is 0 Å². The van der Waals surface area contributed by atoms with Crippen LogP contribution in [0.15, 0.2) is 12.1 Å². The Morgan fingerprint density at radius 1 is 1.11 bits per heavy atom. The van der Waals surface area contributed by atoms with Gasteiger partial charge in [0.15, 0.2) is 34.7 Å². The number of nitrogens with one attached hydrogen (secondary N) is 1. The predicted molar refractivity (Wildman–Crippen MR) is 120 cm³/mol. The number of phenols is 1. The predicted octanol–water partition coefficient (Wildman–Crippen LogP) is -0.0108. The molecule has 0 bridgehead atoms. The minimum absolute atomic E-state index is 0.0183. The van der Waals surface area contributed by atoms with Crippen LogP contribution in [-0.2, 0) is 36.9 Å². The van der Waals surface area contributed by atoms with E-state index in [1.807, 2.05) is 0 Å². The summed E-state index contributed by atoms with van der Waals surface area (Å²) in [5.41, 5.74) is 2.86. The number of ketones is 4. The number of aromatic hydroxyl groups is 1. The van der Waals surface area contributed by atoms with Gasteiger partial charge in [0.05, 0.1) is 11.5 Å². The van der Waals surface area contributed by atoms with Crippen molar-refractivity contribution >= 4 is 34.9 Å². The van der Waals surface area contributed by atoms with Crippen LogP contribution in [0.2, 0.25) is 0 Å². The van der Waals surface area contributed by atoms with Crippen molar-refractivity contribution in [2.24, 2.45) is 34.8 Å². The van der Waals surface area contributed by atoms with Crippen LogP contribution in [0.1, 0.15) is 55.1 Å². The third kappa shape index (κ3) is 3.67. The SMILES string of the molecule is CC(C)(C)C(=O)NCc1ccc(O)c2c1C[C@H]1C[C@H]3CC(=O)C(C(N)=O)C(=O)[C@@]3(O)C(=O)C1C2=O. The van der Waals surface area contributed by atoms with E-state index in [2.05, 4.69) is 5.32 Å². The fraction of sp³-hybridized carbons (Fsp3) is 0.520. The molecule has 0 saturated heterocycles. The van der Waals surface area contributed by atoms with Gasteiger partial charge in [-0.25, -0.2) is 0 Å². The van der Waals surface area contributed by atoms with Gasteiger partial charge >= 0.3 is 0 Å². The molecule has 0 spiro atoms. The number of amides is 2. The minimum Gasteiger partial charge on any atom is -0.507 e. The zero-order valence-corrected chi connectivity index (χ0v) is 19.7. The summed E-state index contributed by atoms with van der Waals surface area (Å²) < 4.78 is 0. The number of nitrogens with two attached hydrogens (primary N) is 1. The molecule has 10 nitrogen and oxygen atoms in total. The monoisotopic (exact) mass is 484 g/mol. The van der Waals surface area contributed by atoms with E-state index in [4.69, 9.17) is 5.73 Å². The summed E-state index contributed by atoms with van der Waals surface area (Å²) in [5, 5.41) is 24.5. The molecule has 2 unspecified atom stereocenters. The molecule has 0 aromatic heterocycles. The lowest BCUT2D eigenvalue weighted by Gasteiger charge is -2.48. The van der Waals surface area contributed by atoms with Gasteiger partial charge in [-0.3, -0.25) is 28.8 Å². The molecule has 10 heteroatoms. The second kappa shape index (κ2) is 8.08. The molecule has 0 aliphatic heterocycles. The molecule has 186 valence electrons. The zero-order chi connectivity index (χ0) is 26.0. The van der Waals surface area contributed by atoms with Gasteiger partial charge in [-0.05, 0) is 36.0 Å². The number of fused-ring (bicyclic) bond motifs is 3. The number of rotatable bonds is 3. The third-order valence-corrected chi connectivity index (χ3v) is 7.50. The molecule has 5 N–H and O–H groups in total. The molecule has 0 radical (unpaired) electrons. The van der Waals surface area contributed by atoms with Gasteiger partial charge in [-0.2, -0.15) is 0 Å². The van der Waals surface area contributed by atoms with Crippen molar-refractivity contribution in [1.29, 1.82) is 0 Å². The Morgan fingerprint density at radius 3 is 2.37 bits per heavy atom. The van der Waals surface area contributed by atoms with E-state index in [0.29, 0.717) is 11.1 Å². The molecule has 0 heterocycles. The van der Waals surface area contributed by atoms with Crippen LogP contribution < -0.4 is 11.1 Å². The van der Waals surface area contributed by atoms with Crippen molar-refractivity contribution in [1.82, 2.24) is 5.32 Å². The van der Waals surface area contributed by atoms with E-state index < -0.39 is 63.7 Å². The van der Waals surface area contributed by atoms with Crippen molar-refractivity contribution in [2.75, 3.05) is 0 Å². The molecule has 2 saturated carbocycles. The van der Waals surface area contributed by atoms with Gasteiger partial charge in [0.2, 0.25) is 11.8 Å². The number of aliphatic hydroxyl groups is 1. The molecule has 2 amide bonds. The van der Waals surface area contributed by atoms with Crippen molar-refractivity contribution in [3.63, 3.8) is 0 Å². The number of hydrogen-bond acceptors (Lipinski definition) is 8. The minimum atomic E-state index is -2.67. The van der Waals surface area contributed by atoms with Gasteiger partial charge < -0.3 is 21.3 Å². The van der Waals surface area contributed by atoms with Crippen LogP contribution in [0.4, 0.5) is 0 Å². The Hall–Kier alpha value is -3.40. The first-order chi connectivity index (χ1) is 16.2. The molecular weight excluding hydrogens is 456 g/mol. The van der Waals surface area contributed by atoms with Crippen molar-refractivity contribution in [2.45, 2.75) is 52.2 Å². The number of hydrogen-bond donors (Lipinski definition) is 4. The van der Waals surface area contributed by atoms with Gasteiger partial charge in [0.25, 0.3) is 0 Å². The first kappa shape index (κ1) is 24.7. The lowest BCUT2D eigenvalue weighted by atomic mass is 9.53. The van der Waals surface area contributed by atoms with Gasteiger partial charge in [0, 0.05) is 24.3 Å².